The molecule has 1 amide bonds. The predicted octanol–water partition coefficient (Wildman–Crippen LogP) is 2.65. The van der Waals surface area contributed by atoms with E-state index in [2.05, 4.69) is 5.32 Å². The molecule has 21 heavy (non-hydrogen) atoms. The SMILES string of the molecule is CCCC(C)(O)CNC(=O)C(C)(C)Oc1ccc(F)cc1. The topological polar surface area (TPSA) is 58.6 Å². The van der Waals surface area contributed by atoms with Crippen LogP contribution >= 0.6 is 0 Å². The van der Waals surface area contributed by atoms with Gasteiger partial charge in [0.1, 0.15) is 11.6 Å². The number of amides is 1. The molecule has 0 aliphatic rings. The highest BCUT2D eigenvalue weighted by Gasteiger charge is 2.31. The van der Waals surface area contributed by atoms with Gasteiger partial charge in [-0.1, -0.05) is 13.3 Å². The first-order chi connectivity index (χ1) is 9.66. The summed E-state index contributed by atoms with van der Waals surface area (Å²) >= 11 is 0. The van der Waals surface area contributed by atoms with E-state index in [0.29, 0.717) is 12.2 Å². The van der Waals surface area contributed by atoms with E-state index in [1.165, 1.54) is 24.3 Å². The molecule has 0 spiro atoms. The highest BCUT2D eigenvalue weighted by molar-refractivity contribution is 5.84. The first-order valence-electron chi connectivity index (χ1n) is 7.11. The van der Waals surface area contributed by atoms with Gasteiger partial charge in [-0.25, -0.2) is 4.39 Å². The number of nitrogens with one attached hydrogen (secondary N) is 1. The lowest BCUT2D eigenvalue weighted by molar-refractivity contribution is -0.135. The van der Waals surface area contributed by atoms with Crippen LogP contribution in [-0.2, 0) is 4.79 Å². The zero-order valence-electron chi connectivity index (χ0n) is 13.1. The van der Waals surface area contributed by atoms with Gasteiger partial charge in [0.25, 0.3) is 5.91 Å². The monoisotopic (exact) mass is 297 g/mol. The molecule has 2 N–H and O–H groups in total. The van der Waals surface area contributed by atoms with E-state index in [4.69, 9.17) is 4.74 Å². The highest BCUT2D eigenvalue weighted by Crippen LogP contribution is 2.19. The van der Waals surface area contributed by atoms with Crippen molar-refractivity contribution in [1.82, 2.24) is 5.32 Å². The summed E-state index contributed by atoms with van der Waals surface area (Å²) in [6.07, 6.45) is 1.44. The van der Waals surface area contributed by atoms with Gasteiger partial charge in [0, 0.05) is 6.54 Å². The van der Waals surface area contributed by atoms with Gasteiger partial charge in [-0.15, -0.1) is 0 Å². The minimum atomic E-state index is -1.11. The fraction of sp³-hybridized carbons (Fsp3) is 0.562. The molecule has 0 radical (unpaired) electrons. The summed E-state index contributed by atoms with van der Waals surface area (Å²) in [5.41, 5.74) is -2.05. The van der Waals surface area contributed by atoms with Crippen LogP contribution in [0.3, 0.4) is 0 Å². The molecule has 0 saturated heterocycles. The molecule has 1 rings (SSSR count). The number of rotatable bonds is 7. The summed E-state index contributed by atoms with van der Waals surface area (Å²) in [5.74, 6) is -0.278. The summed E-state index contributed by atoms with van der Waals surface area (Å²) < 4.78 is 18.4. The Morgan fingerprint density at radius 2 is 1.86 bits per heavy atom. The fourth-order valence-corrected chi connectivity index (χ4v) is 1.95. The number of ether oxygens (including phenoxy) is 1. The molecular formula is C16H24FNO3. The Balaban J connectivity index is 2.60. The molecule has 1 aromatic rings. The van der Waals surface area contributed by atoms with Crippen molar-refractivity contribution in [3.05, 3.63) is 30.1 Å². The van der Waals surface area contributed by atoms with E-state index in [-0.39, 0.29) is 18.3 Å². The molecule has 0 saturated carbocycles. The van der Waals surface area contributed by atoms with Crippen molar-refractivity contribution in [2.75, 3.05) is 6.54 Å². The van der Waals surface area contributed by atoms with Crippen LogP contribution in [-0.4, -0.2) is 28.8 Å². The third-order valence-electron chi connectivity index (χ3n) is 3.15. The van der Waals surface area contributed by atoms with Crippen LogP contribution in [0, 0.1) is 5.82 Å². The van der Waals surface area contributed by atoms with Crippen LogP contribution in [0.1, 0.15) is 40.5 Å². The Kier molecular flexibility index (Phi) is 5.72. The van der Waals surface area contributed by atoms with Gasteiger partial charge < -0.3 is 15.2 Å². The lowest BCUT2D eigenvalue weighted by Crippen LogP contribution is -2.50. The second-order valence-electron chi connectivity index (χ2n) is 6.00. The Labute approximate surface area is 125 Å². The minimum Gasteiger partial charge on any atom is -0.478 e. The van der Waals surface area contributed by atoms with Crippen LogP contribution in [0.5, 0.6) is 5.75 Å². The molecule has 0 heterocycles. The lowest BCUT2D eigenvalue weighted by Gasteiger charge is -2.28. The first-order valence-corrected chi connectivity index (χ1v) is 7.11. The lowest BCUT2D eigenvalue weighted by atomic mass is 10.00. The Morgan fingerprint density at radius 3 is 2.38 bits per heavy atom. The number of carbonyl (C=O) groups excluding carboxylic acids is 1. The van der Waals surface area contributed by atoms with Crippen molar-refractivity contribution < 1.29 is 19.0 Å². The molecule has 118 valence electrons. The van der Waals surface area contributed by atoms with Crippen LogP contribution < -0.4 is 10.1 Å². The van der Waals surface area contributed by atoms with E-state index in [1.54, 1.807) is 20.8 Å². The second kappa shape index (κ2) is 6.89. The quantitative estimate of drug-likeness (QED) is 0.813. The van der Waals surface area contributed by atoms with Crippen molar-refractivity contribution in [2.24, 2.45) is 0 Å². The smallest absolute Gasteiger partial charge is 0.263 e. The number of hydrogen-bond donors (Lipinski definition) is 2. The van der Waals surface area contributed by atoms with Crippen molar-refractivity contribution in [2.45, 2.75) is 51.7 Å². The van der Waals surface area contributed by atoms with Gasteiger partial charge in [0.2, 0.25) is 0 Å². The molecule has 5 heteroatoms. The maximum atomic E-state index is 12.8. The molecule has 0 fully saturated rings. The molecule has 4 nitrogen and oxygen atoms in total. The molecule has 1 atom stereocenters. The summed E-state index contributed by atoms with van der Waals surface area (Å²) in [6.45, 7) is 7.07. The Bertz CT molecular complexity index is 469. The number of hydrogen-bond acceptors (Lipinski definition) is 3. The molecular weight excluding hydrogens is 273 g/mol. The molecule has 1 unspecified atom stereocenters. The van der Waals surface area contributed by atoms with Crippen LogP contribution in [0.25, 0.3) is 0 Å². The Hall–Kier alpha value is -1.62. The van der Waals surface area contributed by atoms with E-state index >= 15 is 0 Å². The number of aliphatic hydroxyl groups is 1. The molecule has 0 aliphatic heterocycles. The van der Waals surface area contributed by atoms with Gasteiger partial charge in [-0.2, -0.15) is 0 Å². The van der Waals surface area contributed by atoms with Gasteiger partial charge in [0.05, 0.1) is 5.60 Å². The third-order valence-corrected chi connectivity index (χ3v) is 3.15. The van der Waals surface area contributed by atoms with Crippen LogP contribution in [0.4, 0.5) is 4.39 Å². The highest BCUT2D eigenvalue weighted by atomic mass is 19.1. The summed E-state index contributed by atoms with van der Waals surface area (Å²) in [6, 6.07) is 5.49. The summed E-state index contributed by atoms with van der Waals surface area (Å²) in [5, 5.41) is 12.7. The van der Waals surface area contributed by atoms with Gasteiger partial charge in [0.15, 0.2) is 5.60 Å². The molecule has 0 bridgehead atoms. The molecule has 0 aromatic heterocycles. The Morgan fingerprint density at radius 1 is 1.29 bits per heavy atom. The van der Waals surface area contributed by atoms with Crippen LogP contribution in [0.15, 0.2) is 24.3 Å². The summed E-state index contributed by atoms with van der Waals surface area (Å²) in [4.78, 5) is 12.2. The van der Waals surface area contributed by atoms with Gasteiger partial charge >= 0.3 is 0 Å². The van der Waals surface area contributed by atoms with Crippen molar-refractivity contribution >= 4 is 5.91 Å². The standard InChI is InChI=1S/C16H24FNO3/c1-5-10-16(4,20)11-18-14(19)15(2,3)21-13-8-6-12(17)7-9-13/h6-9,20H,5,10-11H2,1-4H3,(H,18,19). The average Bonchev–Trinajstić information content (AvgIpc) is 2.38. The zero-order valence-corrected chi connectivity index (χ0v) is 13.1. The van der Waals surface area contributed by atoms with Crippen LogP contribution in [0.2, 0.25) is 0 Å². The van der Waals surface area contributed by atoms with E-state index in [1.807, 2.05) is 6.92 Å². The second-order valence-corrected chi connectivity index (χ2v) is 6.00. The van der Waals surface area contributed by atoms with Gasteiger partial charge in [-0.3, -0.25) is 4.79 Å². The fourth-order valence-electron chi connectivity index (χ4n) is 1.95. The van der Waals surface area contributed by atoms with Crippen molar-refractivity contribution in [1.29, 1.82) is 0 Å². The number of carbonyl (C=O) groups is 1. The van der Waals surface area contributed by atoms with E-state index in [0.717, 1.165) is 6.42 Å². The van der Waals surface area contributed by atoms with E-state index < -0.39 is 11.2 Å². The first kappa shape index (κ1) is 17.4. The summed E-state index contributed by atoms with van der Waals surface area (Å²) in [7, 11) is 0. The molecule has 1 aromatic carbocycles. The van der Waals surface area contributed by atoms with E-state index in [9.17, 15) is 14.3 Å². The van der Waals surface area contributed by atoms with Crippen molar-refractivity contribution in [3.63, 3.8) is 0 Å². The van der Waals surface area contributed by atoms with Gasteiger partial charge in [-0.05, 0) is 51.5 Å². The number of benzene rings is 1. The zero-order chi connectivity index (χ0) is 16.1. The maximum Gasteiger partial charge on any atom is 0.263 e. The average molecular weight is 297 g/mol. The maximum absolute atomic E-state index is 12.8. The van der Waals surface area contributed by atoms with Crippen molar-refractivity contribution in [3.8, 4) is 5.75 Å². The number of halogens is 1. The third kappa shape index (κ3) is 5.71. The molecule has 0 aliphatic carbocycles. The largest absolute Gasteiger partial charge is 0.478 e. The minimum absolute atomic E-state index is 0.163. The predicted molar refractivity (Wildman–Crippen MR) is 79.6 cm³/mol. The normalized spacial score (nSPS) is 14.4.